The van der Waals surface area contributed by atoms with Crippen molar-refractivity contribution in [1.82, 2.24) is 10.6 Å². The molecule has 1 aliphatic carbocycles. The fourth-order valence-corrected chi connectivity index (χ4v) is 3.62. The zero-order chi connectivity index (χ0) is 16.2. The first-order chi connectivity index (χ1) is 10.4. The highest BCUT2D eigenvalue weighted by molar-refractivity contribution is 7.91. The molecule has 1 aliphatic rings. The van der Waals surface area contributed by atoms with Gasteiger partial charge < -0.3 is 10.6 Å². The molecule has 1 saturated carbocycles. The Bertz CT molecular complexity index is 671. The van der Waals surface area contributed by atoms with E-state index in [4.69, 9.17) is 11.6 Å². The Hall–Kier alpha value is -1.60. The molecule has 0 radical (unpaired) electrons. The van der Waals surface area contributed by atoms with Crippen LogP contribution in [0.25, 0.3) is 0 Å². The van der Waals surface area contributed by atoms with Crippen LogP contribution in [0.4, 0.5) is 0 Å². The molecule has 6 nitrogen and oxygen atoms in total. The van der Waals surface area contributed by atoms with E-state index in [1.165, 1.54) is 12.1 Å². The Morgan fingerprint density at radius 3 is 2.50 bits per heavy atom. The van der Waals surface area contributed by atoms with Crippen molar-refractivity contribution in [2.75, 3.05) is 12.3 Å². The van der Waals surface area contributed by atoms with Crippen molar-refractivity contribution in [3.63, 3.8) is 0 Å². The summed E-state index contributed by atoms with van der Waals surface area (Å²) < 4.78 is 24.2. The Kier molecular flexibility index (Phi) is 5.42. The quantitative estimate of drug-likeness (QED) is 0.768. The average Bonchev–Trinajstić information content (AvgIpc) is 3.27. The average molecular weight is 345 g/mol. The van der Waals surface area contributed by atoms with Crippen LogP contribution in [0.3, 0.4) is 0 Å². The number of halogens is 1. The van der Waals surface area contributed by atoms with E-state index < -0.39 is 15.7 Å². The third kappa shape index (κ3) is 4.99. The van der Waals surface area contributed by atoms with Crippen LogP contribution < -0.4 is 10.6 Å². The summed E-state index contributed by atoms with van der Waals surface area (Å²) >= 11 is 5.85. The Morgan fingerprint density at radius 1 is 1.18 bits per heavy atom. The standard InChI is InChI=1S/C14H17ClN2O4S/c15-11-3-1-2-4-12(11)22(20,21)8-7-13(18)16-9-14(19)17-10-5-6-10/h1-4,10H,5-9H2,(H,16,18)(H,17,19). The molecule has 8 heteroatoms. The van der Waals surface area contributed by atoms with Gasteiger partial charge >= 0.3 is 0 Å². The molecule has 0 unspecified atom stereocenters. The summed E-state index contributed by atoms with van der Waals surface area (Å²) in [5, 5.41) is 5.26. The van der Waals surface area contributed by atoms with Crippen LogP contribution in [0.1, 0.15) is 19.3 Å². The van der Waals surface area contributed by atoms with Gasteiger partial charge in [0.1, 0.15) is 0 Å². The van der Waals surface area contributed by atoms with E-state index in [0.717, 1.165) is 12.8 Å². The SMILES string of the molecule is O=C(CCS(=O)(=O)c1ccccc1Cl)NCC(=O)NC1CC1. The fraction of sp³-hybridized carbons (Fsp3) is 0.429. The fourth-order valence-electron chi connectivity index (χ4n) is 1.81. The first-order valence-electron chi connectivity index (χ1n) is 6.92. The van der Waals surface area contributed by atoms with Gasteiger partial charge in [-0.2, -0.15) is 0 Å². The molecule has 2 amide bonds. The molecule has 0 atom stereocenters. The van der Waals surface area contributed by atoms with Crippen LogP contribution >= 0.6 is 11.6 Å². The lowest BCUT2D eigenvalue weighted by Gasteiger charge is -2.07. The molecule has 0 aromatic heterocycles. The second-order valence-corrected chi connectivity index (χ2v) is 7.60. The van der Waals surface area contributed by atoms with Crippen molar-refractivity contribution in [2.45, 2.75) is 30.2 Å². The maximum Gasteiger partial charge on any atom is 0.239 e. The number of carbonyl (C=O) groups excluding carboxylic acids is 2. The zero-order valence-corrected chi connectivity index (χ0v) is 13.4. The normalized spacial score (nSPS) is 14.4. The summed E-state index contributed by atoms with van der Waals surface area (Å²) in [5.41, 5.74) is 0. The van der Waals surface area contributed by atoms with Crippen molar-refractivity contribution < 1.29 is 18.0 Å². The second kappa shape index (κ2) is 7.11. The van der Waals surface area contributed by atoms with Gasteiger partial charge in [-0.1, -0.05) is 23.7 Å². The number of rotatable bonds is 7. The summed E-state index contributed by atoms with van der Waals surface area (Å²) in [6, 6.07) is 6.31. The number of nitrogens with one attached hydrogen (secondary N) is 2. The molecule has 1 aromatic carbocycles. The lowest BCUT2D eigenvalue weighted by atomic mass is 10.4. The largest absolute Gasteiger partial charge is 0.352 e. The van der Waals surface area contributed by atoms with E-state index in [-0.39, 0.29) is 40.6 Å². The first kappa shape index (κ1) is 16.8. The summed E-state index contributed by atoms with van der Waals surface area (Å²) in [6.07, 6.45) is 1.72. The molecular formula is C14H17ClN2O4S. The number of benzene rings is 1. The monoisotopic (exact) mass is 344 g/mol. The van der Waals surface area contributed by atoms with Crippen molar-refractivity contribution in [3.05, 3.63) is 29.3 Å². The Morgan fingerprint density at radius 2 is 1.86 bits per heavy atom. The van der Waals surface area contributed by atoms with Gasteiger partial charge in [0.2, 0.25) is 11.8 Å². The molecule has 0 bridgehead atoms. The van der Waals surface area contributed by atoms with Crippen LogP contribution in [0.5, 0.6) is 0 Å². The highest BCUT2D eigenvalue weighted by Crippen LogP contribution is 2.22. The van der Waals surface area contributed by atoms with Crippen molar-refractivity contribution in [3.8, 4) is 0 Å². The summed E-state index contributed by atoms with van der Waals surface area (Å²) in [5.74, 6) is -1.10. The van der Waals surface area contributed by atoms with Crippen LogP contribution in [-0.2, 0) is 19.4 Å². The minimum atomic E-state index is -3.63. The molecular weight excluding hydrogens is 328 g/mol. The highest BCUT2D eigenvalue weighted by atomic mass is 35.5. The number of sulfone groups is 1. The molecule has 1 aromatic rings. The summed E-state index contributed by atoms with van der Waals surface area (Å²) in [4.78, 5) is 23.0. The van der Waals surface area contributed by atoms with Crippen molar-refractivity contribution in [1.29, 1.82) is 0 Å². The highest BCUT2D eigenvalue weighted by Gasteiger charge is 2.23. The van der Waals surface area contributed by atoms with E-state index in [1.54, 1.807) is 12.1 Å². The molecule has 1 fully saturated rings. The third-order valence-corrected chi connectivity index (χ3v) is 5.37. The van der Waals surface area contributed by atoms with Gasteiger partial charge in [-0.3, -0.25) is 9.59 Å². The minimum absolute atomic E-state index is 0.0101. The van der Waals surface area contributed by atoms with Gasteiger partial charge in [0.25, 0.3) is 0 Å². The van der Waals surface area contributed by atoms with E-state index in [1.807, 2.05) is 0 Å². The van der Waals surface area contributed by atoms with Gasteiger partial charge in [-0.15, -0.1) is 0 Å². The molecule has 0 aliphatic heterocycles. The van der Waals surface area contributed by atoms with Crippen LogP contribution in [0.2, 0.25) is 5.02 Å². The number of amides is 2. The van der Waals surface area contributed by atoms with E-state index in [2.05, 4.69) is 10.6 Å². The summed E-state index contributed by atoms with van der Waals surface area (Å²) in [7, 11) is -3.63. The van der Waals surface area contributed by atoms with Crippen LogP contribution in [0.15, 0.2) is 29.2 Å². The second-order valence-electron chi connectivity index (χ2n) is 5.12. The molecule has 0 saturated heterocycles. The van der Waals surface area contributed by atoms with Gasteiger partial charge in [0.05, 0.1) is 22.2 Å². The number of hydrogen-bond donors (Lipinski definition) is 2. The lowest BCUT2D eigenvalue weighted by molar-refractivity contribution is -0.125. The zero-order valence-electron chi connectivity index (χ0n) is 11.8. The maximum atomic E-state index is 12.1. The molecule has 22 heavy (non-hydrogen) atoms. The molecule has 2 rings (SSSR count). The predicted molar refractivity (Wildman–Crippen MR) is 82.3 cm³/mol. The molecule has 0 spiro atoms. The molecule has 2 N–H and O–H groups in total. The Labute approximate surface area is 134 Å². The van der Waals surface area contributed by atoms with E-state index >= 15 is 0 Å². The molecule has 0 heterocycles. The smallest absolute Gasteiger partial charge is 0.239 e. The van der Waals surface area contributed by atoms with Gasteiger partial charge in [-0.25, -0.2) is 8.42 Å². The Balaban J connectivity index is 1.79. The minimum Gasteiger partial charge on any atom is -0.352 e. The van der Waals surface area contributed by atoms with Gasteiger partial charge in [0, 0.05) is 12.5 Å². The third-order valence-electron chi connectivity index (χ3n) is 3.16. The van der Waals surface area contributed by atoms with Crippen molar-refractivity contribution in [2.24, 2.45) is 0 Å². The number of hydrogen-bond acceptors (Lipinski definition) is 4. The van der Waals surface area contributed by atoms with Crippen LogP contribution in [-0.4, -0.2) is 38.6 Å². The molecule has 120 valence electrons. The predicted octanol–water partition coefficient (Wildman–Crippen LogP) is 0.899. The lowest BCUT2D eigenvalue weighted by Crippen LogP contribution is -2.38. The maximum absolute atomic E-state index is 12.1. The van der Waals surface area contributed by atoms with Crippen molar-refractivity contribution >= 4 is 33.3 Å². The van der Waals surface area contributed by atoms with E-state index in [0.29, 0.717) is 0 Å². The van der Waals surface area contributed by atoms with Crippen LogP contribution in [0, 0.1) is 0 Å². The first-order valence-corrected chi connectivity index (χ1v) is 8.95. The van der Waals surface area contributed by atoms with Gasteiger partial charge in [0.15, 0.2) is 9.84 Å². The number of carbonyl (C=O) groups is 2. The summed E-state index contributed by atoms with van der Waals surface area (Å²) in [6.45, 7) is -0.137. The van der Waals surface area contributed by atoms with E-state index in [9.17, 15) is 18.0 Å². The topological polar surface area (TPSA) is 92.3 Å². The van der Waals surface area contributed by atoms with Gasteiger partial charge in [-0.05, 0) is 25.0 Å².